The van der Waals surface area contributed by atoms with Gasteiger partial charge in [-0.2, -0.15) is 0 Å². The quantitative estimate of drug-likeness (QED) is 0.640. The molecule has 4 nitrogen and oxygen atoms in total. The summed E-state index contributed by atoms with van der Waals surface area (Å²) in [6.07, 6.45) is 5.11. The highest BCUT2D eigenvalue weighted by atomic mass is 16.7. The Balaban J connectivity index is 1.67. The third-order valence-corrected chi connectivity index (χ3v) is 4.86. The highest BCUT2D eigenvalue weighted by Gasteiger charge is 2.58. The standard InChI is InChI=1S/C13H20O4/c1-2-15-12-7-9-5-11(14-1)6-10(8-12)13(9)16-3-4-17-13/h9-12H,1-8H2. The molecule has 17 heavy (non-hydrogen) atoms. The first-order chi connectivity index (χ1) is 8.37. The molecule has 2 aliphatic carbocycles. The lowest BCUT2D eigenvalue weighted by Gasteiger charge is -2.52. The van der Waals surface area contributed by atoms with Crippen molar-refractivity contribution in [3.05, 3.63) is 0 Å². The minimum absolute atomic E-state index is 0.288. The summed E-state index contributed by atoms with van der Waals surface area (Å²) in [5.41, 5.74) is 0. The minimum Gasteiger partial charge on any atom is -0.376 e. The fourth-order valence-electron chi connectivity index (χ4n) is 4.26. The molecule has 0 N–H and O–H groups in total. The maximum Gasteiger partial charge on any atom is 0.174 e. The summed E-state index contributed by atoms with van der Waals surface area (Å²) < 4.78 is 23.8. The molecule has 3 heterocycles. The molecule has 4 heteroatoms. The van der Waals surface area contributed by atoms with Crippen molar-refractivity contribution in [1.29, 1.82) is 0 Å². The van der Waals surface area contributed by atoms with Crippen LogP contribution in [0.2, 0.25) is 0 Å². The second-order valence-corrected chi connectivity index (χ2v) is 5.74. The molecule has 0 aromatic carbocycles. The maximum atomic E-state index is 6.02. The third-order valence-electron chi connectivity index (χ3n) is 4.86. The summed E-state index contributed by atoms with van der Waals surface area (Å²) in [6, 6.07) is 0. The number of hydrogen-bond donors (Lipinski definition) is 0. The Morgan fingerprint density at radius 3 is 1.59 bits per heavy atom. The predicted molar refractivity (Wildman–Crippen MR) is 59.6 cm³/mol. The van der Waals surface area contributed by atoms with Crippen molar-refractivity contribution in [1.82, 2.24) is 0 Å². The Hall–Kier alpha value is -0.160. The van der Waals surface area contributed by atoms with Crippen LogP contribution in [0.3, 0.4) is 0 Å². The van der Waals surface area contributed by atoms with Crippen molar-refractivity contribution in [2.75, 3.05) is 26.4 Å². The molecule has 5 fully saturated rings. The molecule has 0 atom stereocenters. The number of rotatable bonds is 0. The summed E-state index contributed by atoms with van der Waals surface area (Å²) in [7, 11) is 0. The van der Waals surface area contributed by atoms with E-state index in [4.69, 9.17) is 18.9 Å². The second-order valence-electron chi connectivity index (χ2n) is 5.74. The molecule has 5 rings (SSSR count). The topological polar surface area (TPSA) is 36.9 Å². The fraction of sp³-hybridized carbons (Fsp3) is 1.00. The van der Waals surface area contributed by atoms with Crippen molar-refractivity contribution >= 4 is 0 Å². The van der Waals surface area contributed by atoms with E-state index in [1.807, 2.05) is 0 Å². The van der Waals surface area contributed by atoms with Crippen LogP contribution in [0.15, 0.2) is 0 Å². The lowest BCUT2D eigenvalue weighted by atomic mass is 9.65. The van der Waals surface area contributed by atoms with E-state index in [0.717, 1.165) is 52.1 Å². The van der Waals surface area contributed by atoms with Gasteiger partial charge in [0.25, 0.3) is 0 Å². The molecular formula is C13H20O4. The smallest absolute Gasteiger partial charge is 0.174 e. The van der Waals surface area contributed by atoms with Crippen LogP contribution in [0.5, 0.6) is 0 Å². The van der Waals surface area contributed by atoms with E-state index in [1.54, 1.807) is 0 Å². The Kier molecular flexibility index (Phi) is 2.47. The lowest BCUT2D eigenvalue weighted by molar-refractivity contribution is -0.281. The van der Waals surface area contributed by atoms with Gasteiger partial charge in [0.2, 0.25) is 0 Å². The fourth-order valence-corrected chi connectivity index (χ4v) is 4.26. The van der Waals surface area contributed by atoms with Gasteiger partial charge in [-0.1, -0.05) is 0 Å². The summed E-state index contributed by atoms with van der Waals surface area (Å²) in [5.74, 6) is 0.639. The van der Waals surface area contributed by atoms with Crippen LogP contribution in [0.4, 0.5) is 0 Å². The number of ether oxygens (including phenoxy) is 4. The zero-order valence-electron chi connectivity index (χ0n) is 10.1. The van der Waals surface area contributed by atoms with Gasteiger partial charge in [0.1, 0.15) is 0 Å². The van der Waals surface area contributed by atoms with E-state index >= 15 is 0 Å². The highest BCUT2D eigenvalue weighted by molar-refractivity contribution is 5.02. The van der Waals surface area contributed by atoms with E-state index in [-0.39, 0.29) is 5.79 Å². The highest BCUT2D eigenvalue weighted by Crippen LogP contribution is 2.53. The van der Waals surface area contributed by atoms with E-state index < -0.39 is 0 Å². The molecule has 4 bridgehead atoms. The second kappa shape index (κ2) is 3.92. The van der Waals surface area contributed by atoms with Crippen LogP contribution in [-0.4, -0.2) is 44.4 Å². The van der Waals surface area contributed by atoms with Gasteiger partial charge in [0, 0.05) is 11.8 Å². The first-order valence-electron chi connectivity index (χ1n) is 6.88. The zero-order chi connectivity index (χ0) is 11.3. The van der Waals surface area contributed by atoms with E-state index in [1.165, 1.54) is 0 Å². The summed E-state index contributed by atoms with van der Waals surface area (Å²) >= 11 is 0. The Bertz CT molecular complexity index is 264. The largest absolute Gasteiger partial charge is 0.376 e. The Morgan fingerprint density at radius 2 is 1.12 bits per heavy atom. The van der Waals surface area contributed by atoms with Crippen LogP contribution in [-0.2, 0) is 18.9 Å². The summed E-state index contributed by atoms with van der Waals surface area (Å²) in [5, 5.41) is 0. The zero-order valence-corrected chi connectivity index (χ0v) is 10.1. The van der Waals surface area contributed by atoms with Gasteiger partial charge in [-0.3, -0.25) is 0 Å². The molecular weight excluding hydrogens is 220 g/mol. The molecule has 0 aromatic rings. The Labute approximate surface area is 102 Å². The average Bonchev–Trinajstić information content (AvgIpc) is 2.78. The van der Waals surface area contributed by atoms with Crippen LogP contribution < -0.4 is 0 Å². The van der Waals surface area contributed by atoms with Gasteiger partial charge in [-0.25, -0.2) is 0 Å². The molecule has 3 aliphatic heterocycles. The molecule has 2 saturated carbocycles. The van der Waals surface area contributed by atoms with E-state index in [9.17, 15) is 0 Å². The maximum absolute atomic E-state index is 6.02. The SMILES string of the molecule is C1COC2CC3CC(CC(C2)C32OCCO2)O1. The Morgan fingerprint density at radius 1 is 0.647 bits per heavy atom. The normalized spacial score (nSPS) is 48.0. The van der Waals surface area contributed by atoms with Crippen molar-refractivity contribution < 1.29 is 18.9 Å². The first kappa shape index (κ1) is 10.7. The monoisotopic (exact) mass is 240 g/mol. The van der Waals surface area contributed by atoms with Gasteiger partial charge < -0.3 is 18.9 Å². The van der Waals surface area contributed by atoms with Gasteiger partial charge in [0.05, 0.1) is 38.6 Å². The van der Waals surface area contributed by atoms with Gasteiger partial charge in [-0.15, -0.1) is 0 Å². The van der Waals surface area contributed by atoms with Gasteiger partial charge in [0.15, 0.2) is 5.79 Å². The van der Waals surface area contributed by atoms with Crippen LogP contribution in [0, 0.1) is 11.8 Å². The number of hydrogen-bond acceptors (Lipinski definition) is 4. The summed E-state index contributed by atoms with van der Waals surface area (Å²) in [4.78, 5) is 0. The van der Waals surface area contributed by atoms with Gasteiger partial charge in [-0.05, 0) is 25.7 Å². The minimum atomic E-state index is -0.288. The van der Waals surface area contributed by atoms with Crippen LogP contribution in [0.25, 0.3) is 0 Å². The van der Waals surface area contributed by atoms with Crippen molar-refractivity contribution in [3.63, 3.8) is 0 Å². The van der Waals surface area contributed by atoms with E-state index in [2.05, 4.69) is 0 Å². The third kappa shape index (κ3) is 1.58. The molecule has 0 radical (unpaired) electrons. The van der Waals surface area contributed by atoms with Crippen molar-refractivity contribution in [2.24, 2.45) is 11.8 Å². The number of fused-ring (bicyclic) bond motifs is 3. The van der Waals surface area contributed by atoms with Gasteiger partial charge >= 0.3 is 0 Å². The average molecular weight is 240 g/mol. The molecule has 5 aliphatic rings. The molecule has 96 valence electrons. The molecule has 3 saturated heterocycles. The lowest BCUT2D eigenvalue weighted by Crippen LogP contribution is -2.57. The summed E-state index contributed by atoms with van der Waals surface area (Å²) in [6.45, 7) is 3.00. The molecule has 1 spiro atoms. The van der Waals surface area contributed by atoms with Crippen LogP contribution in [0.1, 0.15) is 25.7 Å². The predicted octanol–water partition coefficient (Wildman–Crippen LogP) is 1.33. The molecule has 0 unspecified atom stereocenters. The molecule has 0 aromatic heterocycles. The van der Waals surface area contributed by atoms with Crippen LogP contribution >= 0.6 is 0 Å². The van der Waals surface area contributed by atoms with E-state index in [0.29, 0.717) is 24.0 Å². The first-order valence-corrected chi connectivity index (χ1v) is 6.88. The molecule has 0 amide bonds. The van der Waals surface area contributed by atoms with Crippen molar-refractivity contribution in [2.45, 2.75) is 43.7 Å². The van der Waals surface area contributed by atoms with Crippen molar-refractivity contribution in [3.8, 4) is 0 Å².